The highest BCUT2D eigenvalue weighted by Crippen LogP contribution is 2.41. The summed E-state index contributed by atoms with van der Waals surface area (Å²) in [6.45, 7) is 6.13. The molecule has 2 aromatic carbocycles. The Morgan fingerprint density at radius 3 is 2.47 bits per heavy atom. The zero-order valence-electron chi connectivity index (χ0n) is 19.8. The molecule has 34 heavy (non-hydrogen) atoms. The van der Waals surface area contributed by atoms with E-state index < -0.39 is 6.04 Å². The summed E-state index contributed by atoms with van der Waals surface area (Å²) >= 11 is 0. The number of rotatable bonds is 6. The largest absolute Gasteiger partial charge is 0.351 e. The third-order valence-electron chi connectivity index (χ3n) is 7.43. The van der Waals surface area contributed by atoms with Gasteiger partial charge in [-0.1, -0.05) is 62.4 Å². The van der Waals surface area contributed by atoms with E-state index in [2.05, 4.69) is 29.5 Å². The minimum atomic E-state index is -0.506. The van der Waals surface area contributed by atoms with Gasteiger partial charge in [0.25, 0.3) is 0 Å². The van der Waals surface area contributed by atoms with Gasteiger partial charge in [0.05, 0.1) is 5.52 Å². The molecule has 1 aromatic heterocycles. The van der Waals surface area contributed by atoms with Crippen LogP contribution in [0.2, 0.25) is 0 Å². The Morgan fingerprint density at radius 1 is 1.03 bits per heavy atom. The van der Waals surface area contributed by atoms with Gasteiger partial charge in [0.15, 0.2) is 5.78 Å². The van der Waals surface area contributed by atoms with Crippen molar-refractivity contribution in [3.63, 3.8) is 0 Å². The molecule has 7 nitrogen and oxygen atoms in total. The van der Waals surface area contributed by atoms with Crippen LogP contribution < -0.4 is 5.32 Å². The lowest BCUT2D eigenvalue weighted by atomic mass is 9.93. The SMILES string of the molecule is CC(=O)c1nn(CC(=O)N2C[C@@H](C)[C@@H](C)[C@H]2C(=O)N[C@@H]2C[C@H]2c2ccccc2)c2ccccc12. The molecular formula is C27H30N4O3. The number of amides is 2. The predicted molar refractivity (Wildman–Crippen MR) is 129 cm³/mol. The highest BCUT2D eigenvalue weighted by Gasteiger charge is 2.47. The summed E-state index contributed by atoms with van der Waals surface area (Å²) in [5.41, 5.74) is 2.34. The molecule has 2 heterocycles. The van der Waals surface area contributed by atoms with Crippen molar-refractivity contribution in [2.45, 2.75) is 51.7 Å². The number of aromatic nitrogens is 2. The van der Waals surface area contributed by atoms with Gasteiger partial charge in [-0.05, 0) is 29.9 Å². The van der Waals surface area contributed by atoms with Gasteiger partial charge < -0.3 is 10.2 Å². The van der Waals surface area contributed by atoms with Gasteiger partial charge in [0.1, 0.15) is 18.3 Å². The first-order chi connectivity index (χ1) is 16.3. The summed E-state index contributed by atoms with van der Waals surface area (Å²) in [6, 6.07) is 17.2. The fourth-order valence-corrected chi connectivity index (χ4v) is 5.24. The minimum absolute atomic E-state index is 0.00686. The normalized spacial score (nSPS) is 26.0. The van der Waals surface area contributed by atoms with Gasteiger partial charge in [-0.25, -0.2) is 0 Å². The molecule has 5 atom stereocenters. The maximum absolute atomic E-state index is 13.4. The first kappa shape index (κ1) is 22.3. The minimum Gasteiger partial charge on any atom is -0.351 e. The summed E-state index contributed by atoms with van der Waals surface area (Å²) < 4.78 is 1.59. The number of carbonyl (C=O) groups excluding carboxylic acids is 3. The molecule has 0 bridgehead atoms. The highest BCUT2D eigenvalue weighted by atomic mass is 16.2. The van der Waals surface area contributed by atoms with Gasteiger partial charge in [-0.15, -0.1) is 0 Å². The summed E-state index contributed by atoms with van der Waals surface area (Å²) in [7, 11) is 0. The summed E-state index contributed by atoms with van der Waals surface area (Å²) in [5, 5.41) is 8.36. The van der Waals surface area contributed by atoms with Crippen molar-refractivity contribution in [2.24, 2.45) is 11.8 Å². The van der Waals surface area contributed by atoms with Crippen LogP contribution >= 0.6 is 0 Å². The second-order valence-corrected chi connectivity index (χ2v) is 9.77. The Morgan fingerprint density at radius 2 is 1.74 bits per heavy atom. The summed E-state index contributed by atoms with van der Waals surface area (Å²) in [5.74, 6) is 0.230. The van der Waals surface area contributed by atoms with E-state index in [4.69, 9.17) is 0 Å². The smallest absolute Gasteiger partial charge is 0.245 e. The van der Waals surface area contributed by atoms with E-state index in [1.54, 1.807) is 9.58 Å². The second kappa shape index (κ2) is 8.70. The van der Waals surface area contributed by atoms with Crippen molar-refractivity contribution in [1.29, 1.82) is 0 Å². The molecule has 0 unspecified atom stereocenters. The molecule has 1 aliphatic heterocycles. The quantitative estimate of drug-likeness (QED) is 0.574. The molecule has 0 radical (unpaired) electrons. The molecule has 176 valence electrons. The van der Waals surface area contributed by atoms with Crippen molar-refractivity contribution < 1.29 is 14.4 Å². The number of Topliss-reactive ketones (excluding diaryl/α,β-unsaturated/α-hetero) is 1. The van der Waals surface area contributed by atoms with Gasteiger partial charge in [0.2, 0.25) is 11.8 Å². The van der Waals surface area contributed by atoms with Crippen molar-refractivity contribution in [3.8, 4) is 0 Å². The van der Waals surface area contributed by atoms with Crippen molar-refractivity contribution in [3.05, 3.63) is 65.9 Å². The van der Waals surface area contributed by atoms with E-state index in [0.29, 0.717) is 18.2 Å². The molecule has 1 saturated heterocycles. The third kappa shape index (κ3) is 4.00. The summed E-state index contributed by atoms with van der Waals surface area (Å²) in [4.78, 5) is 40.5. The number of hydrogen-bond donors (Lipinski definition) is 1. The lowest BCUT2D eigenvalue weighted by molar-refractivity contribution is -0.139. The third-order valence-corrected chi connectivity index (χ3v) is 7.43. The molecule has 1 N–H and O–H groups in total. The van der Waals surface area contributed by atoms with E-state index in [9.17, 15) is 14.4 Å². The Labute approximate surface area is 199 Å². The molecule has 7 heteroatoms. The zero-order valence-corrected chi connectivity index (χ0v) is 19.8. The molecule has 2 aliphatic rings. The number of carbonyl (C=O) groups is 3. The monoisotopic (exact) mass is 458 g/mol. The van der Waals surface area contributed by atoms with Crippen molar-refractivity contribution in [1.82, 2.24) is 20.0 Å². The molecule has 2 amide bonds. The Bertz CT molecular complexity index is 1250. The van der Waals surface area contributed by atoms with Crippen LogP contribution in [0.5, 0.6) is 0 Å². The average Bonchev–Trinajstić information content (AvgIpc) is 3.40. The number of nitrogens with zero attached hydrogens (tertiary/aromatic N) is 3. The van der Waals surface area contributed by atoms with E-state index >= 15 is 0 Å². The van der Waals surface area contributed by atoms with Crippen LogP contribution in [-0.4, -0.2) is 50.9 Å². The average molecular weight is 459 g/mol. The van der Waals surface area contributed by atoms with Gasteiger partial charge in [-0.2, -0.15) is 5.10 Å². The van der Waals surface area contributed by atoms with Crippen LogP contribution in [0.4, 0.5) is 0 Å². The molecule has 1 saturated carbocycles. The fourth-order valence-electron chi connectivity index (χ4n) is 5.24. The standard InChI is InChI=1S/C27H30N4O3/c1-16-14-30(24(33)15-31-23-12-8-7-11-20(23)25(29-31)18(3)32)26(17(16)2)27(34)28-22-13-21(22)19-9-5-4-6-10-19/h4-12,16-17,21-22,26H,13-15H2,1-3H3,(H,28,34)/t16-,17-,21+,22-,26+/m1/s1. The number of ketones is 1. The molecule has 5 rings (SSSR count). The number of hydrogen-bond acceptors (Lipinski definition) is 4. The van der Waals surface area contributed by atoms with Gasteiger partial charge in [-0.3, -0.25) is 19.1 Å². The lowest BCUT2D eigenvalue weighted by Gasteiger charge is -2.26. The van der Waals surface area contributed by atoms with Crippen molar-refractivity contribution >= 4 is 28.5 Å². The number of fused-ring (bicyclic) bond motifs is 1. The maximum atomic E-state index is 13.4. The van der Waals surface area contributed by atoms with Crippen LogP contribution in [0, 0.1) is 11.8 Å². The highest BCUT2D eigenvalue weighted by molar-refractivity contribution is 6.05. The van der Waals surface area contributed by atoms with E-state index in [-0.39, 0.29) is 42.0 Å². The number of benzene rings is 2. The second-order valence-electron chi connectivity index (χ2n) is 9.77. The first-order valence-corrected chi connectivity index (χ1v) is 12.0. The molecule has 2 fully saturated rings. The zero-order chi connectivity index (χ0) is 24.0. The van der Waals surface area contributed by atoms with Gasteiger partial charge in [0, 0.05) is 30.8 Å². The molecule has 1 aliphatic carbocycles. The Balaban J connectivity index is 1.32. The lowest BCUT2D eigenvalue weighted by Crippen LogP contribution is -2.49. The number of para-hydroxylation sites is 1. The maximum Gasteiger partial charge on any atom is 0.245 e. The topological polar surface area (TPSA) is 84.3 Å². The van der Waals surface area contributed by atoms with Crippen LogP contribution in [0.25, 0.3) is 10.9 Å². The van der Waals surface area contributed by atoms with Crippen LogP contribution in [-0.2, 0) is 16.1 Å². The Hall–Kier alpha value is -3.48. The first-order valence-electron chi connectivity index (χ1n) is 12.0. The number of likely N-dealkylation sites (tertiary alicyclic amines) is 1. The molecular weight excluding hydrogens is 428 g/mol. The Kier molecular flexibility index (Phi) is 5.71. The van der Waals surface area contributed by atoms with E-state index in [1.165, 1.54) is 12.5 Å². The predicted octanol–water partition coefficient (Wildman–Crippen LogP) is 3.39. The number of nitrogens with one attached hydrogen (secondary N) is 1. The molecule has 3 aromatic rings. The van der Waals surface area contributed by atoms with E-state index in [1.807, 2.05) is 49.4 Å². The van der Waals surface area contributed by atoms with Gasteiger partial charge >= 0.3 is 0 Å². The fraction of sp³-hybridized carbons (Fsp3) is 0.407. The van der Waals surface area contributed by atoms with Crippen LogP contribution in [0.1, 0.15) is 49.2 Å². The van der Waals surface area contributed by atoms with E-state index in [0.717, 1.165) is 17.3 Å². The van der Waals surface area contributed by atoms with Crippen LogP contribution in [0.15, 0.2) is 54.6 Å². The molecule has 0 spiro atoms. The van der Waals surface area contributed by atoms with Crippen LogP contribution in [0.3, 0.4) is 0 Å². The summed E-state index contributed by atoms with van der Waals surface area (Å²) in [6.07, 6.45) is 0.924. The van der Waals surface area contributed by atoms with Crippen molar-refractivity contribution in [2.75, 3.05) is 6.54 Å².